The number of nitrogens with zero attached hydrogens (tertiary/aromatic N) is 1. The molecule has 0 radical (unpaired) electrons. The maximum absolute atomic E-state index is 12.2. The van der Waals surface area contributed by atoms with Crippen LogP contribution in [0.3, 0.4) is 0 Å². The molecule has 0 saturated heterocycles. The number of esters is 1. The molecule has 4 aromatic rings. The molecule has 0 spiro atoms. The van der Waals surface area contributed by atoms with Gasteiger partial charge in [-0.15, -0.1) is 0 Å². The fraction of sp³-hybridized carbons (Fsp3) is 0.0476. The Kier molecular flexibility index (Phi) is 3.78. The molecule has 0 bridgehead atoms. The summed E-state index contributed by atoms with van der Waals surface area (Å²) in [4.78, 5) is 20.3. The average Bonchev–Trinajstić information content (AvgIpc) is 3.13. The molecule has 1 N–H and O–H groups in total. The summed E-state index contributed by atoms with van der Waals surface area (Å²) >= 11 is 0. The van der Waals surface area contributed by atoms with Gasteiger partial charge in [-0.25, -0.2) is 9.78 Å². The second-order valence-corrected chi connectivity index (χ2v) is 5.72. The first-order valence-corrected chi connectivity index (χ1v) is 7.99. The van der Waals surface area contributed by atoms with E-state index in [0.29, 0.717) is 17.0 Å². The van der Waals surface area contributed by atoms with Gasteiger partial charge in [0.1, 0.15) is 0 Å². The van der Waals surface area contributed by atoms with Crippen LogP contribution in [0, 0.1) is 0 Å². The standard InChI is InChI=1S/C21H16N2O2/c1-25-21(24)16-13-19(14-7-3-2-4-8-14)23-20(16)18-12-11-15-9-5-6-10-17(15)22-18/h2-13,23H,1H3. The Labute approximate surface area is 145 Å². The number of ether oxygens (including phenoxy) is 1. The van der Waals surface area contributed by atoms with E-state index in [-0.39, 0.29) is 5.97 Å². The predicted octanol–water partition coefficient (Wildman–Crippen LogP) is 4.68. The molecular formula is C21H16N2O2. The minimum absolute atomic E-state index is 0.386. The minimum atomic E-state index is -0.386. The van der Waals surface area contributed by atoms with Gasteiger partial charge in [-0.1, -0.05) is 54.6 Å². The molecule has 4 rings (SSSR count). The van der Waals surface area contributed by atoms with Crippen molar-refractivity contribution >= 4 is 16.9 Å². The fourth-order valence-corrected chi connectivity index (χ4v) is 2.91. The monoisotopic (exact) mass is 328 g/mol. The number of hydrogen-bond acceptors (Lipinski definition) is 3. The van der Waals surface area contributed by atoms with E-state index < -0.39 is 0 Å². The summed E-state index contributed by atoms with van der Waals surface area (Å²) in [6.07, 6.45) is 0. The summed E-state index contributed by atoms with van der Waals surface area (Å²) in [7, 11) is 1.38. The van der Waals surface area contributed by atoms with Crippen molar-refractivity contribution in [1.82, 2.24) is 9.97 Å². The summed E-state index contributed by atoms with van der Waals surface area (Å²) in [6, 6.07) is 23.5. The molecule has 0 fully saturated rings. The van der Waals surface area contributed by atoms with Crippen LogP contribution >= 0.6 is 0 Å². The molecule has 0 atom stereocenters. The van der Waals surface area contributed by atoms with Gasteiger partial charge in [0.15, 0.2) is 0 Å². The Bertz CT molecular complexity index is 1050. The zero-order chi connectivity index (χ0) is 17.2. The third-order valence-electron chi connectivity index (χ3n) is 4.16. The number of fused-ring (bicyclic) bond motifs is 1. The van der Waals surface area contributed by atoms with Gasteiger partial charge in [0, 0.05) is 11.1 Å². The molecule has 0 amide bonds. The van der Waals surface area contributed by atoms with Crippen molar-refractivity contribution in [3.05, 3.63) is 78.4 Å². The molecule has 122 valence electrons. The number of carbonyl (C=O) groups excluding carboxylic acids is 1. The molecule has 0 aliphatic heterocycles. The first-order chi connectivity index (χ1) is 12.3. The van der Waals surface area contributed by atoms with Crippen molar-refractivity contribution in [3.8, 4) is 22.6 Å². The van der Waals surface area contributed by atoms with Crippen molar-refractivity contribution in [1.29, 1.82) is 0 Å². The van der Waals surface area contributed by atoms with Gasteiger partial charge in [0.05, 0.1) is 29.6 Å². The second kappa shape index (κ2) is 6.24. The average molecular weight is 328 g/mol. The smallest absolute Gasteiger partial charge is 0.340 e. The van der Waals surface area contributed by atoms with E-state index in [1.54, 1.807) is 0 Å². The van der Waals surface area contributed by atoms with E-state index in [1.165, 1.54) is 7.11 Å². The van der Waals surface area contributed by atoms with E-state index in [1.807, 2.05) is 72.8 Å². The molecule has 4 heteroatoms. The molecular weight excluding hydrogens is 312 g/mol. The highest BCUT2D eigenvalue weighted by molar-refractivity contribution is 5.98. The van der Waals surface area contributed by atoms with Gasteiger partial charge >= 0.3 is 5.97 Å². The van der Waals surface area contributed by atoms with Crippen LogP contribution in [-0.2, 0) is 4.74 Å². The van der Waals surface area contributed by atoms with Crippen molar-refractivity contribution in [2.24, 2.45) is 0 Å². The number of para-hydroxylation sites is 1. The van der Waals surface area contributed by atoms with Crippen LogP contribution in [0.5, 0.6) is 0 Å². The van der Waals surface area contributed by atoms with Gasteiger partial charge in [0.2, 0.25) is 0 Å². The zero-order valence-electron chi connectivity index (χ0n) is 13.7. The molecule has 2 aromatic heterocycles. The summed E-state index contributed by atoms with van der Waals surface area (Å²) in [5.41, 5.74) is 4.58. The maximum Gasteiger partial charge on any atom is 0.340 e. The van der Waals surface area contributed by atoms with E-state index in [0.717, 1.165) is 22.2 Å². The quantitative estimate of drug-likeness (QED) is 0.555. The molecule has 25 heavy (non-hydrogen) atoms. The number of carbonyl (C=O) groups is 1. The number of H-pyrrole nitrogens is 1. The Balaban J connectivity index is 1.89. The number of benzene rings is 2. The Morgan fingerprint density at radius 3 is 2.52 bits per heavy atom. The van der Waals surface area contributed by atoms with Crippen LogP contribution in [0.1, 0.15) is 10.4 Å². The van der Waals surface area contributed by atoms with E-state index in [2.05, 4.69) is 4.98 Å². The third kappa shape index (κ3) is 2.78. The van der Waals surface area contributed by atoms with Crippen LogP contribution < -0.4 is 0 Å². The number of rotatable bonds is 3. The number of nitrogens with one attached hydrogen (secondary N) is 1. The summed E-state index contributed by atoms with van der Waals surface area (Å²) in [5.74, 6) is -0.386. The van der Waals surface area contributed by atoms with E-state index in [9.17, 15) is 4.79 Å². The first kappa shape index (κ1) is 15.1. The lowest BCUT2D eigenvalue weighted by Crippen LogP contribution is -2.02. The van der Waals surface area contributed by atoms with Crippen molar-refractivity contribution in [3.63, 3.8) is 0 Å². The van der Waals surface area contributed by atoms with Crippen LogP contribution in [0.15, 0.2) is 72.8 Å². The minimum Gasteiger partial charge on any atom is -0.465 e. The molecule has 4 nitrogen and oxygen atoms in total. The highest BCUT2D eigenvalue weighted by Crippen LogP contribution is 2.29. The molecule has 2 aromatic carbocycles. The van der Waals surface area contributed by atoms with Gasteiger partial charge in [-0.2, -0.15) is 0 Å². The van der Waals surface area contributed by atoms with E-state index >= 15 is 0 Å². The maximum atomic E-state index is 12.2. The molecule has 0 saturated carbocycles. The fourth-order valence-electron chi connectivity index (χ4n) is 2.91. The van der Waals surface area contributed by atoms with Gasteiger partial charge in [0.25, 0.3) is 0 Å². The highest BCUT2D eigenvalue weighted by atomic mass is 16.5. The largest absolute Gasteiger partial charge is 0.465 e. The third-order valence-corrected chi connectivity index (χ3v) is 4.16. The van der Waals surface area contributed by atoms with Crippen molar-refractivity contribution in [2.45, 2.75) is 0 Å². The number of aromatic amines is 1. The Morgan fingerprint density at radius 2 is 1.72 bits per heavy atom. The van der Waals surface area contributed by atoms with Crippen LogP contribution in [0.25, 0.3) is 33.5 Å². The first-order valence-electron chi connectivity index (χ1n) is 7.99. The normalized spacial score (nSPS) is 10.8. The van der Waals surface area contributed by atoms with Crippen LogP contribution in [0.2, 0.25) is 0 Å². The molecule has 0 unspecified atom stereocenters. The second-order valence-electron chi connectivity index (χ2n) is 5.72. The van der Waals surface area contributed by atoms with Crippen LogP contribution in [-0.4, -0.2) is 23.0 Å². The lowest BCUT2D eigenvalue weighted by molar-refractivity contribution is 0.0602. The van der Waals surface area contributed by atoms with Crippen molar-refractivity contribution < 1.29 is 9.53 Å². The molecule has 2 heterocycles. The Morgan fingerprint density at radius 1 is 0.960 bits per heavy atom. The lowest BCUT2D eigenvalue weighted by atomic mass is 10.1. The SMILES string of the molecule is COC(=O)c1cc(-c2ccccc2)[nH]c1-c1ccc2ccccc2n1. The van der Waals surface area contributed by atoms with Crippen LogP contribution in [0.4, 0.5) is 0 Å². The zero-order valence-corrected chi connectivity index (χ0v) is 13.7. The number of methoxy groups -OCH3 is 1. The summed E-state index contributed by atoms with van der Waals surface area (Å²) in [6.45, 7) is 0. The predicted molar refractivity (Wildman–Crippen MR) is 98.3 cm³/mol. The highest BCUT2D eigenvalue weighted by Gasteiger charge is 2.19. The van der Waals surface area contributed by atoms with Gasteiger partial charge < -0.3 is 9.72 Å². The van der Waals surface area contributed by atoms with Gasteiger partial charge in [-0.05, 0) is 23.8 Å². The van der Waals surface area contributed by atoms with Gasteiger partial charge in [-0.3, -0.25) is 0 Å². The topological polar surface area (TPSA) is 55.0 Å². The summed E-state index contributed by atoms with van der Waals surface area (Å²) in [5, 5.41) is 1.06. The summed E-state index contributed by atoms with van der Waals surface area (Å²) < 4.78 is 4.95. The van der Waals surface area contributed by atoms with E-state index in [4.69, 9.17) is 9.72 Å². The molecule has 0 aliphatic rings. The number of pyridine rings is 1. The number of hydrogen-bond donors (Lipinski definition) is 1. The molecule has 0 aliphatic carbocycles. The number of aromatic nitrogens is 2. The van der Waals surface area contributed by atoms with Crippen molar-refractivity contribution in [2.75, 3.05) is 7.11 Å². The Hall–Kier alpha value is -3.40. The lowest BCUT2D eigenvalue weighted by Gasteiger charge is -2.04.